The lowest BCUT2D eigenvalue weighted by molar-refractivity contribution is -0.198. The normalized spacial score (nSPS) is 18.7. The van der Waals surface area contributed by atoms with E-state index in [1.807, 2.05) is 0 Å². The molecule has 0 bridgehead atoms. The van der Waals surface area contributed by atoms with Gasteiger partial charge in [0.05, 0.1) is 10.8 Å². The van der Waals surface area contributed by atoms with Crippen molar-refractivity contribution in [2.24, 2.45) is 5.92 Å². The van der Waals surface area contributed by atoms with E-state index in [0.717, 1.165) is 9.87 Å². The predicted octanol–water partition coefficient (Wildman–Crippen LogP) is 2.18. The molecule has 0 aromatic heterocycles. The van der Waals surface area contributed by atoms with Crippen LogP contribution in [0.5, 0.6) is 0 Å². The van der Waals surface area contributed by atoms with Gasteiger partial charge < -0.3 is 0 Å². The van der Waals surface area contributed by atoms with Crippen LogP contribution in [0.1, 0.15) is 5.56 Å². The third kappa shape index (κ3) is 2.37. The van der Waals surface area contributed by atoms with Crippen molar-refractivity contribution >= 4 is 10.0 Å². The molecule has 1 aliphatic heterocycles. The molecule has 0 atom stereocenters. The Kier molecular flexibility index (Phi) is 3.14. The van der Waals surface area contributed by atoms with Gasteiger partial charge in [-0.25, -0.2) is 8.42 Å². The first-order valence-corrected chi connectivity index (χ1v) is 6.79. The fraction of sp³-hybridized carbons (Fsp3) is 0.455. The molecule has 7 heteroatoms. The Hall–Kier alpha value is -1.08. The summed E-state index contributed by atoms with van der Waals surface area (Å²) < 4.78 is 61.7. The van der Waals surface area contributed by atoms with Crippen molar-refractivity contribution in [3.8, 4) is 0 Å². The van der Waals surface area contributed by atoms with Gasteiger partial charge in [-0.2, -0.15) is 17.5 Å². The van der Waals surface area contributed by atoms with Gasteiger partial charge in [-0.05, 0) is 19.1 Å². The van der Waals surface area contributed by atoms with Crippen LogP contribution in [0.15, 0.2) is 29.2 Å². The second kappa shape index (κ2) is 4.24. The molecular formula is C11H12F3NO2S. The summed E-state index contributed by atoms with van der Waals surface area (Å²) in [5.74, 6) is -1.54. The number of sulfonamides is 1. The zero-order chi connectivity index (χ0) is 13.6. The Morgan fingerprint density at radius 1 is 1.17 bits per heavy atom. The summed E-state index contributed by atoms with van der Waals surface area (Å²) in [4.78, 5) is 0.0359. The van der Waals surface area contributed by atoms with Crippen LogP contribution in [-0.2, 0) is 10.0 Å². The van der Waals surface area contributed by atoms with Gasteiger partial charge in [-0.3, -0.25) is 0 Å². The fourth-order valence-corrected chi connectivity index (χ4v) is 3.23. The molecular weight excluding hydrogens is 267 g/mol. The molecule has 0 unspecified atom stereocenters. The molecule has 0 radical (unpaired) electrons. The van der Waals surface area contributed by atoms with Crippen molar-refractivity contribution in [3.63, 3.8) is 0 Å². The standard InChI is InChI=1S/C11H12F3NO2S/c1-8-2-4-10(5-3-8)18(16,17)15-6-9(7-15)11(12,13)14/h2-5,9H,6-7H2,1H3. The Morgan fingerprint density at radius 3 is 2.11 bits per heavy atom. The van der Waals surface area contributed by atoms with E-state index in [2.05, 4.69) is 0 Å². The highest BCUT2D eigenvalue weighted by Gasteiger charge is 2.50. The van der Waals surface area contributed by atoms with E-state index in [0.29, 0.717) is 0 Å². The van der Waals surface area contributed by atoms with Gasteiger partial charge in [0.2, 0.25) is 10.0 Å². The van der Waals surface area contributed by atoms with E-state index in [1.165, 1.54) is 12.1 Å². The molecule has 0 aliphatic carbocycles. The molecule has 3 nitrogen and oxygen atoms in total. The van der Waals surface area contributed by atoms with E-state index in [-0.39, 0.29) is 4.90 Å². The number of aryl methyl sites for hydroxylation is 1. The van der Waals surface area contributed by atoms with E-state index >= 15 is 0 Å². The average Bonchev–Trinajstić information content (AvgIpc) is 2.12. The zero-order valence-corrected chi connectivity index (χ0v) is 10.4. The van der Waals surface area contributed by atoms with Crippen LogP contribution in [0.4, 0.5) is 13.2 Å². The lowest BCUT2D eigenvalue weighted by Gasteiger charge is -2.38. The molecule has 0 saturated carbocycles. The first-order valence-electron chi connectivity index (χ1n) is 5.35. The highest BCUT2D eigenvalue weighted by molar-refractivity contribution is 7.89. The third-order valence-electron chi connectivity index (χ3n) is 2.97. The summed E-state index contributed by atoms with van der Waals surface area (Å²) in [7, 11) is -3.78. The summed E-state index contributed by atoms with van der Waals surface area (Å²) in [5.41, 5.74) is 0.894. The summed E-state index contributed by atoms with van der Waals surface area (Å²) in [6.45, 7) is 0.832. The molecule has 1 heterocycles. The molecule has 100 valence electrons. The maximum atomic E-state index is 12.3. The number of alkyl halides is 3. The Balaban J connectivity index is 2.13. The van der Waals surface area contributed by atoms with E-state index in [1.54, 1.807) is 19.1 Å². The van der Waals surface area contributed by atoms with Crippen molar-refractivity contribution in [1.29, 1.82) is 0 Å². The van der Waals surface area contributed by atoms with Gasteiger partial charge in [0, 0.05) is 13.1 Å². The van der Waals surface area contributed by atoms with Crippen molar-refractivity contribution in [2.75, 3.05) is 13.1 Å². The molecule has 1 fully saturated rings. The van der Waals surface area contributed by atoms with Crippen molar-refractivity contribution in [2.45, 2.75) is 18.0 Å². The predicted molar refractivity (Wildman–Crippen MR) is 59.5 cm³/mol. The molecule has 0 N–H and O–H groups in total. The lowest BCUT2D eigenvalue weighted by Crippen LogP contribution is -2.55. The SMILES string of the molecule is Cc1ccc(S(=O)(=O)N2CC(C(F)(F)F)C2)cc1. The molecule has 1 aliphatic rings. The Labute approximate surface area is 103 Å². The first kappa shape index (κ1) is 13.4. The van der Waals surface area contributed by atoms with Gasteiger partial charge in [-0.1, -0.05) is 17.7 Å². The molecule has 1 aromatic carbocycles. The summed E-state index contributed by atoms with van der Waals surface area (Å²) >= 11 is 0. The molecule has 1 saturated heterocycles. The number of hydrogen-bond donors (Lipinski definition) is 0. The van der Waals surface area contributed by atoms with Crippen LogP contribution in [0.25, 0.3) is 0 Å². The van der Waals surface area contributed by atoms with Crippen LogP contribution in [0.2, 0.25) is 0 Å². The largest absolute Gasteiger partial charge is 0.394 e. The minimum atomic E-state index is -4.32. The first-order chi connectivity index (χ1) is 8.21. The van der Waals surface area contributed by atoms with E-state index in [4.69, 9.17) is 0 Å². The number of benzene rings is 1. The van der Waals surface area contributed by atoms with Gasteiger partial charge in [-0.15, -0.1) is 0 Å². The summed E-state index contributed by atoms with van der Waals surface area (Å²) in [6, 6.07) is 6.05. The number of rotatable bonds is 2. The van der Waals surface area contributed by atoms with Crippen LogP contribution in [0, 0.1) is 12.8 Å². The average molecular weight is 279 g/mol. The minimum absolute atomic E-state index is 0.0359. The molecule has 18 heavy (non-hydrogen) atoms. The summed E-state index contributed by atoms with van der Waals surface area (Å²) in [6.07, 6.45) is -4.32. The van der Waals surface area contributed by atoms with Crippen LogP contribution in [0.3, 0.4) is 0 Å². The highest BCUT2D eigenvalue weighted by atomic mass is 32.2. The Morgan fingerprint density at radius 2 is 1.67 bits per heavy atom. The van der Waals surface area contributed by atoms with E-state index in [9.17, 15) is 21.6 Å². The zero-order valence-electron chi connectivity index (χ0n) is 9.61. The molecule has 0 amide bonds. The van der Waals surface area contributed by atoms with Crippen molar-refractivity contribution in [1.82, 2.24) is 4.31 Å². The second-order valence-electron chi connectivity index (χ2n) is 4.37. The van der Waals surface area contributed by atoms with Crippen molar-refractivity contribution in [3.05, 3.63) is 29.8 Å². The fourth-order valence-electron chi connectivity index (χ4n) is 1.70. The van der Waals surface area contributed by atoms with Gasteiger partial charge in [0.15, 0.2) is 0 Å². The van der Waals surface area contributed by atoms with E-state index < -0.39 is 35.2 Å². The maximum absolute atomic E-state index is 12.3. The quantitative estimate of drug-likeness (QED) is 0.832. The monoisotopic (exact) mass is 279 g/mol. The minimum Gasteiger partial charge on any atom is -0.207 e. The third-order valence-corrected chi connectivity index (χ3v) is 4.82. The lowest BCUT2D eigenvalue weighted by atomic mass is 10.0. The van der Waals surface area contributed by atoms with Gasteiger partial charge >= 0.3 is 6.18 Å². The smallest absolute Gasteiger partial charge is 0.207 e. The van der Waals surface area contributed by atoms with Crippen LogP contribution in [-0.4, -0.2) is 32.0 Å². The van der Waals surface area contributed by atoms with Gasteiger partial charge in [0.1, 0.15) is 0 Å². The molecule has 0 spiro atoms. The summed E-state index contributed by atoms with van der Waals surface area (Å²) in [5, 5.41) is 0. The molecule has 1 aromatic rings. The van der Waals surface area contributed by atoms with Gasteiger partial charge in [0.25, 0.3) is 0 Å². The highest BCUT2D eigenvalue weighted by Crippen LogP contribution is 2.36. The number of hydrogen-bond acceptors (Lipinski definition) is 2. The molecule has 2 rings (SSSR count). The van der Waals surface area contributed by atoms with Crippen LogP contribution >= 0.6 is 0 Å². The van der Waals surface area contributed by atoms with Crippen molar-refractivity contribution < 1.29 is 21.6 Å². The topological polar surface area (TPSA) is 37.4 Å². The Bertz CT molecular complexity index is 530. The second-order valence-corrected chi connectivity index (χ2v) is 6.31. The van der Waals surface area contributed by atoms with Crippen LogP contribution < -0.4 is 0 Å². The number of halogens is 3. The number of nitrogens with zero attached hydrogens (tertiary/aromatic N) is 1. The maximum Gasteiger partial charge on any atom is 0.394 e.